The van der Waals surface area contributed by atoms with E-state index in [0.717, 1.165) is 48.8 Å². The van der Waals surface area contributed by atoms with Crippen LogP contribution in [0.1, 0.15) is 36.5 Å². The highest BCUT2D eigenvalue weighted by atomic mass is 16.5. The molecule has 5 heteroatoms. The molecule has 5 nitrogen and oxygen atoms in total. The van der Waals surface area contributed by atoms with Crippen LogP contribution in [0.2, 0.25) is 0 Å². The molecule has 33 heavy (non-hydrogen) atoms. The number of fused-ring (bicyclic) bond motifs is 1. The molecule has 1 N–H and O–H groups in total. The fourth-order valence-corrected chi connectivity index (χ4v) is 5.42. The highest BCUT2D eigenvalue weighted by Gasteiger charge is 2.47. The molecule has 172 valence electrons. The second-order valence-corrected chi connectivity index (χ2v) is 9.63. The molecule has 0 spiro atoms. The quantitative estimate of drug-likeness (QED) is 0.601. The molecule has 0 radical (unpaired) electrons. The Morgan fingerprint density at radius 2 is 1.76 bits per heavy atom. The first kappa shape index (κ1) is 21.8. The van der Waals surface area contributed by atoms with Gasteiger partial charge in [-0.1, -0.05) is 43.3 Å². The molecule has 0 bridgehead atoms. The molecule has 3 aromatic rings. The number of rotatable bonds is 6. The summed E-state index contributed by atoms with van der Waals surface area (Å²) in [6, 6.07) is 20.8. The average molecular weight is 445 g/mol. The third kappa shape index (κ3) is 4.06. The monoisotopic (exact) mass is 444 g/mol. The molecule has 0 amide bonds. The predicted molar refractivity (Wildman–Crippen MR) is 130 cm³/mol. The van der Waals surface area contributed by atoms with Crippen molar-refractivity contribution in [2.24, 2.45) is 5.41 Å². The van der Waals surface area contributed by atoms with Gasteiger partial charge in [-0.25, -0.2) is 4.98 Å². The molecule has 0 unspecified atom stereocenters. The molecular formula is C28H32N2O3. The highest BCUT2D eigenvalue weighted by molar-refractivity contribution is 5.48. The van der Waals surface area contributed by atoms with E-state index in [4.69, 9.17) is 9.47 Å². The molecule has 1 aromatic heterocycles. The van der Waals surface area contributed by atoms with Crippen LogP contribution in [0.5, 0.6) is 11.5 Å². The Hall–Kier alpha value is -3.05. The van der Waals surface area contributed by atoms with E-state index in [-0.39, 0.29) is 17.4 Å². The molecular weight excluding hydrogens is 412 g/mol. The molecule has 3 atom stereocenters. The largest absolute Gasteiger partial charge is 0.493 e. The van der Waals surface area contributed by atoms with Crippen molar-refractivity contribution in [2.75, 3.05) is 25.1 Å². The number of aliphatic hydroxyl groups is 1. The zero-order valence-corrected chi connectivity index (χ0v) is 19.6. The van der Waals surface area contributed by atoms with Crippen molar-refractivity contribution in [1.29, 1.82) is 0 Å². The Kier molecular flexibility index (Phi) is 5.75. The molecule has 1 fully saturated rings. The summed E-state index contributed by atoms with van der Waals surface area (Å²) in [6.07, 6.45) is 3.27. The molecule has 1 saturated heterocycles. The summed E-state index contributed by atoms with van der Waals surface area (Å²) in [6.45, 7) is 5.60. The van der Waals surface area contributed by atoms with Gasteiger partial charge in [-0.15, -0.1) is 0 Å². The van der Waals surface area contributed by atoms with Crippen LogP contribution < -0.4 is 14.4 Å². The predicted octanol–water partition coefficient (Wildman–Crippen LogP) is 4.63. The number of nitrogens with zero attached hydrogens (tertiary/aromatic N) is 2. The number of methoxy groups -OCH3 is 1. The Bertz CT molecular complexity index is 1090. The van der Waals surface area contributed by atoms with Crippen LogP contribution in [0.4, 0.5) is 5.82 Å². The lowest BCUT2D eigenvalue weighted by Gasteiger charge is -2.34. The summed E-state index contributed by atoms with van der Waals surface area (Å²) in [5.74, 6) is 2.60. The maximum atomic E-state index is 10.8. The standard InChI is InChI=1S/C28H32N2O3/c1-19(31)28(2)18-30(27-10-6-7-13-29-27)17-24(28)22-11-12-25(32-3)26(16-22)33-23-14-20-8-4-5-9-21(20)15-23/h4-13,16,19,23-24,31H,14-15,17-18H2,1-3H3/t19-,24-,28+/m1/s1. The van der Waals surface area contributed by atoms with Crippen molar-refractivity contribution in [3.63, 3.8) is 0 Å². The van der Waals surface area contributed by atoms with E-state index in [1.165, 1.54) is 11.1 Å². The van der Waals surface area contributed by atoms with E-state index < -0.39 is 6.10 Å². The van der Waals surface area contributed by atoms with E-state index in [0.29, 0.717) is 0 Å². The molecule has 1 aliphatic heterocycles. The third-order valence-corrected chi connectivity index (χ3v) is 7.56. The minimum absolute atomic E-state index is 0.100. The molecule has 1 aliphatic carbocycles. The summed E-state index contributed by atoms with van der Waals surface area (Å²) in [5.41, 5.74) is 3.57. The second kappa shape index (κ2) is 8.71. The SMILES string of the molecule is COc1ccc([C@H]2CN(c3ccccn3)C[C@@]2(C)[C@@H](C)O)cc1OC1Cc2ccccc2C1. The van der Waals surface area contributed by atoms with Gasteiger partial charge in [0.2, 0.25) is 0 Å². The van der Waals surface area contributed by atoms with Crippen molar-refractivity contribution >= 4 is 5.82 Å². The first-order valence-electron chi connectivity index (χ1n) is 11.7. The smallest absolute Gasteiger partial charge is 0.161 e. The third-order valence-electron chi connectivity index (χ3n) is 7.56. The first-order valence-corrected chi connectivity index (χ1v) is 11.7. The molecule has 2 heterocycles. The maximum Gasteiger partial charge on any atom is 0.161 e. The van der Waals surface area contributed by atoms with Crippen LogP contribution in [0.15, 0.2) is 66.9 Å². The van der Waals surface area contributed by atoms with Gasteiger partial charge < -0.3 is 19.5 Å². The Morgan fingerprint density at radius 1 is 1.03 bits per heavy atom. The lowest BCUT2D eigenvalue weighted by molar-refractivity contribution is 0.0558. The minimum atomic E-state index is -0.466. The van der Waals surface area contributed by atoms with E-state index in [9.17, 15) is 5.11 Å². The van der Waals surface area contributed by atoms with Crippen LogP contribution in [0.25, 0.3) is 0 Å². The number of pyridine rings is 1. The van der Waals surface area contributed by atoms with Gasteiger partial charge in [0.25, 0.3) is 0 Å². The Labute approximate surface area is 196 Å². The molecule has 5 rings (SSSR count). The van der Waals surface area contributed by atoms with Gasteiger partial charge in [-0.05, 0) is 47.9 Å². The number of benzene rings is 2. The topological polar surface area (TPSA) is 54.8 Å². The lowest BCUT2D eigenvalue weighted by atomic mass is 9.72. The fraction of sp³-hybridized carbons (Fsp3) is 0.393. The summed E-state index contributed by atoms with van der Waals surface area (Å²) >= 11 is 0. The normalized spacial score (nSPS) is 23.4. The van der Waals surface area contributed by atoms with Gasteiger partial charge in [0.1, 0.15) is 11.9 Å². The summed E-state index contributed by atoms with van der Waals surface area (Å²) in [7, 11) is 1.68. The number of hydrogen-bond acceptors (Lipinski definition) is 5. The van der Waals surface area contributed by atoms with Crippen molar-refractivity contribution in [3.8, 4) is 11.5 Å². The maximum absolute atomic E-state index is 10.8. The number of ether oxygens (including phenoxy) is 2. The number of aliphatic hydroxyl groups excluding tert-OH is 1. The zero-order chi connectivity index (χ0) is 23.0. The van der Waals surface area contributed by atoms with E-state index >= 15 is 0 Å². The second-order valence-electron chi connectivity index (χ2n) is 9.63. The lowest BCUT2D eigenvalue weighted by Crippen LogP contribution is -2.37. The summed E-state index contributed by atoms with van der Waals surface area (Å²) in [4.78, 5) is 6.82. The van der Waals surface area contributed by atoms with Crippen LogP contribution in [-0.4, -0.2) is 42.5 Å². The van der Waals surface area contributed by atoms with E-state index in [2.05, 4.69) is 53.2 Å². The van der Waals surface area contributed by atoms with Gasteiger partial charge in [0.15, 0.2) is 11.5 Å². The van der Waals surface area contributed by atoms with Crippen LogP contribution in [0.3, 0.4) is 0 Å². The Balaban J connectivity index is 1.43. The van der Waals surface area contributed by atoms with Gasteiger partial charge >= 0.3 is 0 Å². The zero-order valence-electron chi connectivity index (χ0n) is 19.6. The minimum Gasteiger partial charge on any atom is -0.493 e. The number of hydrogen-bond donors (Lipinski definition) is 1. The summed E-state index contributed by atoms with van der Waals surface area (Å²) < 4.78 is 12.2. The fourth-order valence-electron chi connectivity index (χ4n) is 5.42. The van der Waals surface area contributed by atoms with Crippen molar-refractivity contribution in [1.82, 2.24) is 4.98 Å². The first-order chi connectivity index (χ1) is 16.0. The van der Waals surface area contributed by atoms with Crippen LogP contribution in [-0.2, 0) is 12.8 Å². The van der Waals surface area contributed by atoms with E-state index in [1.807, 2.05) is 37.4 Å². The average Bonchev–Trinajstić information content (AvgIpc) is 3.41. The number of anilines is 1. The number of aromatic nitrogens is 1. The van der Waals surface area contributed by atoms with E-state index in [1.54, 1.807) is 7.11 Å². The van der Waals surface area contributed by atoms with Gasteiger partial charge in [0.05, 0.1) is 13.2 Å². The van der Waals surface area contributed by atoms with Crippen LogP contribution in [0, 0.1) is 5.41 Å². The summed E-state index contributed by atoms with van der Waals surface area (Å²) in [5, 5.41) is 10.8. The van der Waals surface area contributed by atoms with Crippen molar-refractivity contribution in [2.45, 2.75) is 44.8 Å². The molecule has 2 aliphatic rings. The van der Waals surface area contributed by atoms with Gasteiger partial charge in [-0.2, -0.15) is 0 Å². The molecule has 2 aromatic carbocycles. The van der Waals surface area contributed by atoms with Crippen molar-refractivity contribution in [3.05, 3.63) is 83.6 Å². The van der Waals surface area contributed by atoms with Gasteiger partial charge in [0, 0.05) is 43.5 Å². The van der Waals surface area contributed by atoms with Gasteiger partial charge in [-0.3, -0.25) is 0 Å². The van der Waals surface area contributed by atoms with Crippen LogP contribution >= 0.6 is 0 Å². The van der Waals surface area contributed by atoms with Crippen molar-refractivity contribution < 1.29 is 14.6 Å². The molecule has 0 saturated carbocycles. The Morgan fingerprint density at radius 3 is 2.39 bits per heavy atom. The highest BCUT2D eigenvalue weighted by Crippen LogP contribution is 2.47.